The van der Waals surface area contributed by atoms with Crippen LogP contribution in [0, 0.1) is 0 Å². The number of hydrogen-bond donors (Lipinski definition) is 1. The van der Waals surface area contributed by atoms with Crippen LogP contribution in [0.1, 0.15) is 29.7 Å². The number of likely N-dealkylation sites (tertiary alicyclic amines) is 1. The Kier molecular flexibility index (Phi) is 5.03. The van der Waals surface area contributed by atoms with Gasteiger partial charge in [-0.05, 0) is 38.1 Å². The predicted octanol–water partition coefficient (Wildman–Crippen LogP) is 2.91. The van der Waals surface area contributed by atoms with E-state index in [9.17, 15) is 18.3 Å². The van der Waals surface area contributed by atoms with Gasteiger partial charge >= 0.3 is 12.2 Å². The van der Waals surface area contributed by atoms with E-state index in [-0.39, 0.29) is 35.6 Å². The second kappa shape index (κ2) is 7.51. The van der Waals surface area contributed by atoms with Crippen LogP contribution >= 0.6 is 0 Å². The minimum absolute atomic E-state index is 0.0429. The van der Waals surface area contributed by atoms with E-state index in [1.807, 2.05) is 7.05 Å². The molecule has 1 fully saturated rings. The van der Waals surface area contributed by atoms with Gasteiger partial charge in [0.25, 0.3) is 5.88 Å². The highest BCUT2D eigenvalue weighted by atomic mass is 19.4. The zero-order valence-electron chi connectivity index (χ0n) is 15.7. The number of hydrogen-bond acceptors (Lipinski definition) is 6. The molecule has 4 rings (SSSR count). The molecule has 0 unspecified atom stereocenters. The summed E-state index contributed by atoms with van der Waals surface area (Å²) in [6.07, 6.45) is -1.06. The Morgan fingerprint density at radius 2 is 2.07 bits per heavy atom. The summed E-state index contributed by atoms with van der Waals surface area (Å²) in [4.78, 5) is 10.1. The van der Waals surface area contributed by atoms with E-state index in [4.69, 9.17) is 4.74 Å². The average Bonchev–Trinajstić information content (AvgIpc) is 3.26. The van der Waals surface area contributed by atoms with Gasteiger partial charge < -0.3 is 14.7 Å². The summed E-state index contributed by atoms with van der Waals surface area (Å²) in [6, 6.07) is 5.54. The second-order valence-electron chi connectivity index (χ2n) is 7.12. The van der Waals surface area contributed by atoms with Gasteiger partial charge in [0, 0.05) is 12.5 Å². The van der Waals surface area contributed by atoms with E-state index < -0.39 is 11.7 Å². The lowest BCUT2D eigenvalue weighted by Crippen LogP contribution is -2.31. The maximum absolute atomic E-state index is 13.3. The van der Waals surface area contributed by atoms with Gasteiger partial charge in [0.15, 0.2) is 0 Å². The molecule has 7 nitrogen and oxygen atoms in total. The molecule has 1 N–H and O–H groups in total. The summed E-state index contributed by atoms with van der Waals surface area (Å²) < 4.78 is 46.8. The Balaban J connectivity index is 1.62. The minimum Gasteiger partial charge on any atom is -0.490 e. The summed E-state index contributed by atoms with van der Waals surface area (Å²) in [7, 11) is 2.01. The van der Waals surface area contributed by atoms with Crippen LogP contribution in [0.2, 0.25) is 0 Å². The molecule has 0 saturated carbocycles. The SMILES string of the molecule is CN1CCC[C@H]1COc1nc(O)c2ncc(Cc3ccccc3C(F)(F)F)n2n1. The fourth-order valence-electron chi connectivity index (χ4n) is 3.58. The highest BCUT2D eigenvalue weighted by Crippen LogP contribution is 2.33. The Morgan fingerprint density at radius 3 is 2.79 bits per heavy atom. The third-order valence-corrected chi connectivity index (χ3v) is 5.17. The molecule has 2 aromatic heterocycles. The number of benzene rings is 1. The van der Waals surface area contributed by atoms with Gasteiger partial charge in [-0.25, -0.2) is 9.50 Å². The van der Waals surface area contributed by atoms with E-state index >= 15 is 0 Å². The van der Waals surface area contributed by atoms with Crippen molar-refractivity contribution in [3.8, 4) is 11.9 Å². The van der Waals surface area contributed by atoms with E-state index in [0.717, 1.165) is 25.5 Å². The molecule has 0 spiro atoms. The lowest BCUT2D eigenvalue weighted by atomic mass is 10.0. The Morgan fingerprint density at radius 1 is 1.28 bits per heavy atom. The van der Waals surface area contributed by atoms with Gasteiger partial charge in [0.2, 0.25) is 5.65 Å². The molecule has 1 aromatic carbocycles. The average molecular weight is 407 g/mol. The van der Waals surface area contributed by atoms with Crippen molar-refractivity contribution in [3.63, 3.8) is 0 Å². The Labute approximate surface area is 164 Å². The molecule has 0 amide bonds. The summed E-state index contributed by atoms with van der Waals surface area (Å²) in [5, 5.41) is 14.4. The van der Waals surface area contributed by atoms with Crippen molar-refractivity contribution in [2.24, 2.45) is 0 Å². The number of nitrogens with zero attached hydrogens (tertiary/aromatic N) is 5. The van der Waals surface area contributed by atoms with Gasteiger partial charge in [-0.15, -0.1) is 5.10 Å². The topological polar surface area (TPSA) is 75.8 Å². The fraction of sp³-hybridized carbons (Fsp3) is 0.421. The lowest BCUT2D eigenvalue weighted by Gasteiger charge is -2.18. The molecule has 154 valence electrons. The molecule has 1 aliphatic heterocycles. The number of aromatic hydroxyl groups is 1. The quantitative estimate of drug-likeness (QED) is 0.701. The van der Waals surface area contributed by atoms with E-state index in [1.54, 1.807) is 6.07 Å². The molecule has 3 aromatic rings. The first kappa shape index (κ1) is 19.4. The summed E-state index contributed by atoms with van der Waals surface area (Å²) in [5.41, 5.74) is -0.170. The standard InChI is InChI=1S/C19H20F3N5O2/c1-26-8-4-6-13(26)11-29-18-24-17(28)16-23-10-14(27(16)25-18)9-12-5-2-3-7-15(12)19(20,21)22/h2-3,5,7,10,13H,4,6,8-9,11H2,1H3,(H,24,25,28)/t13-/m0/s1. The maximum Gasteiger partial charge on any atom is 0.416 e. The van der Waals surface area contributed by atoms with Crippen LogP contribution in [0.4, 0.5) is 13.2 Å². The fourth-order valence-corrected chi connectivity index (χ4v) is 3.58. The number of alkyl halides is 3. The monoisotopic (exact) mass is 407 g/mol. The molecule has 1 aliphatic rings. The largest absolute Gasteiger partial charge is 0.490 e. The van der Waals surface area contributed by atoms with Crippen LogP contribution in [-0.2, 0) is 12.6 Å². The zero-order valence-corrected chi connectivity index (χ0v) is 15.7. The van der Waals surface area contributed by atoms with Crippen LogP contribution in [0.15, 0.2) is 30.5 Å². The second-order valence-corrected chi connectivity index (χ2v) is 7.12. The van der Waals surface area contributed by atoms with E-state index in [2.05, 4.69) is 20.0 Å². The number of halogens is 3. The maximum atomic E-state index is 13.3. The van der Waals surface area contributed by atoms with Crippen LogP contribution in [0.5, 0.6) is 11.9 Å². The van der Waals surface area contributed by atoms with Crippen LogP contribution in [0.3, 0.4) is 0 Å². The van der Waals surface area contributed by atoms with Crippen molar-refractivity contribution in [2.45, 2.75) is 31.5 Å². The van der Waals surface area contributed by atoms with Gasteiger partial charge in [0.05, 0.1) is 17.5 Å². The predicted molar refractivity (Wildman–Crippen MR) is 97.8 cm³/mol. The molecule has 0 aliphatic carbocycles. The van der Waals surface area contributed by atoms with Gasteiger partial charge in [-0.3, -0.25) is 0 Å². The molecular weight excluding hydrogens is 387 g/mol. The molecule has 0 bridgehead atoms. The van der Waals surface area contributed by atoms with Gasteiger partial charge in [-0.2, -0.15) is 18.2 Å². The van der Waals surface area contributed by atoms with Gasteiger partial charge in [0.1, 0.15) is 6.61 Å². The number of imidazole rings is 1. The minimum atomic E-state index is -4.46. The summed E-state index contributed by atoms with van der Waals surface area (Å²) >= 11 is 0. The lowest BCUT2D eigenvalue weighted by molar-refractivity contribution is -0.138. The number of ether oxygens (including phenoxy) is 1. The van der Waals surface area contributed by atoms with Crippen LogP contribution < -0.4 is 4.74 Å². The number of fused-ring (bicyclic) bond motifs is 1. The molecule has 1 atom stereocenters. The molecule has 0 radical (unpaired) electrons. The van der Waals surface area contributed by atoms with Crippen molar-refractivity contribution in [1.29, 1.82) is 0 Å². The van der Waals surface area contributed by atoms with Crippen LogP contribution in [-0.4, -0.2) is 55.8 Å². The molecule has 3 heterocycles. The van der Waals surface area contributed by atoms with Crippen molar-refractivity contribution in [3.05, 3.63) is 47.3 Å². The van der Waals surface area contributed by atoms with Crippen LogP contribution in [0.25, 0.3) is 5.65 Å². The molecule has 29 heavy (non-hydrogen) atoms. The first-order chi connectivity index (χ1) is 13.8. The molecular formula is C19H20F3N5O2. The number of likely N-dealkylation sites (N-methyl/N-ethyl adjacent to an activating group) is 1. The van der Waals surface area contributed by atoms with Crippen molar-refractivity contribution < 1.29 is 23.0 Å². The molecule has 10 heteroatoms. The molecule has 1 saturated heterocycles. The third kappa shape index (κ3) is 3.98. The number of aromatic nitrogens is 4. The van der Waals surface area contributed by atoms with Gasteiger partial charge in [-0.1, -0.05) is 18.2 Å². The third-order valence-electron chi connectivity index (χ3n) is 5.17. The number of rotatable bonds is 5. The first-order valence-corrected chi connectivity index (χ1v) is 9.24. The summed E-state index contributed by atoms with van der Waals surface area (Å²) in [5.74, 6) is -0.384. The van der Waals surface area contributed by atoms with E-state index in [0.29, 0.717) is 12.3 Å². The smallest absolute Gasteiger partial charge is 0.416 e. The van der Waals surface area contributed by atoms with Crippen molar-refractivity contribution in [1.82, 2.24) is 24.5 Å². The highest BCUT2D eigenvalue weighted by molar-refractivity contribution is 5.49. The Bertz CT molecular complexity index is 1020. The Hall–Kier alpha value is -2.88. The highest BCUT2D eigenvalue weighted by Gasteiger charge is 2.33. The van der Waals surface area contributed by atoms with Crippen molar-refractivity contribution in [2.75, 3.05) is 20.2 Å². The normalized spacial score (nSPS) is 17.9. The first-order valence-electron chi connectivity index (χ1n) is 9.24. The van der Waals surface area contributed by atoms with Crippen molar-refractivity contribution >= 4 is 5.65 Å². The summed E-state index contributed by atoms with van der Waals surface area (Å²) in [6.45, 7) is 1.35. The zero-order chi connectivity index (χ0) is 20.6. The van der Waals surface area contributed by atoms with E-state index in [1.165, 1.54) is 22.8 Å².